The van der Waals surface area contributed by atoms with Gasteiger partial charge in [-0.25, -0.2) is 0 Å². The minimum atomic E-state index is -0.586. The van der Waals surface area contributed by atoms with E-state index in [4.69, 9.17) is 5.73 Å². The lowest BCUT2D eigenvalue weighted by atomic mass is 9.83. The number of amides is 1. The minimum absolute atomic E-state index is 0.0506. The van der Waals surface area contributed by atoms with E-state index in [9.17, 15) is 4.79 Å². The van der Waals surface area contributed by atoms with E-state index < -0.39 is 5.41 Å². The van der Waals surface area contributed by atoms with Crippen LogP contribution < -0.4 is 10.6 Å². The van der Waals surface area contributed by atoms with Crippen molar-refractivity contribution in [3.8, 4) is 0 Å². The topological polar surface area (TPSA) is 46.3 Å². The fraction of sp³-hybridized carbons (Fsp3) is 0.278. The van der Waals surface area contributed by atoms with Gasteiger partial charge < -0.3 is 10.6 Å². The number of anilines is 1. The lowest BCUT2D eigenvalue weighted by molar-refractivity contribution is -0.122. The summed E-state index contributed by atoms with van der Waals surface area (Å²) in [7, 11) is 1.81. The van der Waals surface area contributed by atoms with Gasteiger partial charge in [-0.3, -0.25) is 4.79 Å². The predicted molar refractivity (Wildman–Crippen MR) is 87.2 cm³/mol. The van der Waals surface area contributed by atoms with E-state index in [1.54, 1.807) is 4.90 Å². The van der Waals surface area contributed by atoms with Gasteiger partial charge in [-0.15, -0.1) is 0 Å². The molecule has 0 radical (unpaired) electrons. The van der Waals surface area contributed by atoms with E-state index in [1.807, 2.05) is 75.5 Å². The molecule has 2 aromatic carbocycles. The number of carbonyl (C=O) groups excluding carboxylic acids is 1. The van der Waals surface area contributed by atoms with Gasteiger partial charge in [0.1, 0.15) is 0 Å². The fourth-order valence-electron chi connectivity index (χ4n) is 2.52. The summed E-state index contributed by atoms with van der Waals surface area (Å²) in [6.07, 6.45) is 0. The molecule has 2 aromatic rings. The minimum Gasteiger partial charge on any atom is -0.326 e. The molecule has 0 unspecified atom stereocenters. The van der Waals surface area contributed by atoms with E-state index in [0.717, 1.165) is 16.8 Å². The van der Waals surface area contributed by atoms with Crippen LogP contribution in [0.2, 0.25) is 0 Å². The van der Waals surface area contributed by atoms with Crippen molar-refractivity contribution in [1.82, 2.24) is 0 Å². The van der Waals surface area contributed by atoms with Gasteiger partial charge >= 0.3 is 0 Å². The molecule has 1 amide bonds. The highest BCUT2D eigenvalue weighted by molar-refractivity contribution is 6.00. The summed E-state index contributed by atoms with van der Waals surface area (Å²) < 4.78 is 0. The SMILES string of the molecule is CN(C(=O)C(C)(C)c1ccccc1)c1ccccc1CN. The van der Waals surface area contributed by atoms with E-state index in [0.29, 0.717) is 6.54 Å². The summed E-state index contributed by atoms with van der Waals surface area (Å²) in [5.74, 6) is 0.0506. The Morgan fingerprint density at radius 2 is 1.62 bits per heavy atom. The Hall–Kier alpha value is -2.13. The van der Waals surface area contributed by atoms with Crippen LogP contribution in [0.15, 0.2) is 54.6 Å². The maximum absolute atomic E-state index is 12.9. The van der Waals surface area contributed by atoms with E-state index >= 15 is 0 Å². The smallest absolute Gasteiger partial charge is 0.236 e. The quantitative estimate of drug-likeness (QED) is 0.936. The molecule has 0 aliphatic heterocycles. The average Bonchev–Trinajstić information content (AvgIpc) is 2.54. The molecule has 0 bridgehead atoms. The van der Waals surface area contributed by atoms with Crippen LogP contribution in [0.5, 0.6) is 0 Å². The first kappa shape index (κ1) is 15.3. The van der Waals surface area contributed by atoms with Crippen LogP contribution in [0.4, 0.5) is 5.69 Å². The number of hydrogen-bond acceptors (Lipinski definition) is 2. The second-order valence-corrected chi connectivity index (χ2v) is 5.69. The van der Waals surface area contributed by atoms with Crippen molar-refractivity contribution in [3.63, 3.8) is 0 Å². The van der Waals surface area contributed by atoms with Crippen LogP contribution in [0.3, 0.4) is 0 Å². The van der Waals surface area contributed by atoms with Gasteiger partial charge in [-0.1, -0.05) is 48.5 Å². The van der Waals surface area contributed by atoms with Gasteiger partial charge in [0.25, 0.3) is 0 Å². The summed E-state index contributed by atoms with van der Waals surface area (Å²) in [6, 6.07) is 17.6. The van der Waals surface area contributed by atoms with Crippen LogP contribution in [0.25, 0.3) is 0 Å². The monoisotopic (exact) mass is 282 g/mol. The molecule has 0 saturated carbocycles. The van der Waals surface area contributed by atoms with Gasteiger partial charge in [0.2, 0.25) is 5.91 Å². The molecule has 0 spiro atoms. The molecule has 0 fully saturated rings. The number of para-hydroxylation sites is 1. The molecule has 0 atom stereocenters. The molecule has 110 valence electrons. The van der Waals surface area contributed by atoms with Crippen LogP contribution in [0, 0.1) is 0 Å². The normalized spacial score (nSPS) is 11.2. The Morgan fingerprint density at radius 3 is 2.24 bits per heavy atom. The maximum Gasteiger partial charge on any atom is 0.236 e. The predicted octanol–water partition coefficient (Wildman–Crippen LogP) is 3.09. The summed E-state index contributed by atoms with van der Waals surface area (Å²) in [6.45, 7) is 4.32. The van der Waals surface area contributed by atoms with Crippen molar-refractivity contribution in [2.24, 2.45) is 5.73 Å². The number of hydrogen-bond donors (Lipinski definition) is 1. The highest BCUT2D eigenvalue weighted by Gasteiger charge is 2.33. The molecule has 21 heavy (non-hydrogen) atoms. The number of nitrogens with zero attached hydrogens (tertiary/aromatic N) is 1. The van der Waals surface area contributed by atoms with Crippen molar-refractivity contribution in [2.45, 2.75) is 25.8 Å². The number of nitrogens with two attached hydrogens (primary N) is 1. The zero-order valence-electron chi connectivity index (χ0n) is 12.8. The van der Waals surface area contributed by atoms with Gasteiger partial charge in [-0.2, -0.15) is 0 Å². The van der Waals surface area contributed by atoms with Gasteiger partial charge in [0.05, 0.1) is 5.41 Å². The highest BCUT2D eigenvalue weighted by atomic mass is 16.2. The fourth-order valence-corrected chi connectivity index (χ4v) is 2.52. The number of rotatable bonds is 4. The Morgan fingerprint density at radius 1 is 1.05 bits per heavy atom. The molecule has 3 heteroatoms. The second kappa shape index (κ2) is 6.10. The number of benzene rings is 2. The third kappa shape index (κ3) is 2.98. The Kier molecular flexibility index (Phi) is 4.43. The van der Waals surface area contributed by atoms with Crippen LogP contribution in [-0.2, 0) is 16.8 Å². The molecule has 0 aliphatic rings. The third-order valence-electron chi connectivity index (χ3n) is 3.91. The standard InChI is InChI=1S/C18H22N2O/c1-18(2,15-10-5-4-6-11-15)17(21)20(3)16-12-8-7-9-14(16)13-19/h4-12H,13,19H2,1-3H3. The molecular formula is C18H22N2O. The van der Waals surface area contributed by atoms with E-state index in [1.165, 1.54) is 0 Å². The van der Waals surface area contributed by atoms with Gasteiger partial charge in [0, 0.05) is 19.3 Å². The van der Waals surface area contributed by atoms with Crippen LogP contribution in [-0.4, -0.2) is 13.0 Å². The lowest BCUT2D eigenvalue weighted by Gasteiger charge is -2.31. The molecule has 0 aromatic heterocycles. The summed E-state index contributed by atoms with van der Waals surface area (Å²) in [5, 5.41) is 0. The zero-order valence-corrected chi connectivity index (χ0v) is 12.8. The Bertz CT molecular complexity index is 620. The molecule has 0 saturated heterocycles. The second-order valence-electron chi connectivity index (χ2n) is 5.69. The molecular weight excluding hydrogens is 260 g/mol. The number of likely N-dealkylation sites (N-methyl/N-ethyl adjacent to an activating group) is 1. The Balaban J connectivity index is 2.35. The van der Waals surface area contributed by atoms with Gasteiger partial charge in [-0.05, 0) is 31.0 Å². The van der Waals surface area contributed by atoms with Crippen LogP contribution in [0.1, 0.15) is 25.0 Å². The van der Waals surface area contributed by atoms with Crippen molar-refractivity contribution < 1.29 is 4.79 Å². The molecule has 2 N–H and O–H groups in total. The van der Waals surface area contributed by atoms with Crippen molar-refractivity contribution in [1.29, 1.82) is 0 Å². The summed E-state index contributed by atoms with van der Waals surface area (Å²) >= 11 is 0. The first-order chi connectivity index (χ1) is 9.98. The molecule has 2 rings (SSSR count). The number of carbonyl (C=O) groups is 1. The summed E-state index contributed by atoms with van der Waals surface area (Å²) in [4.78, 5) is 14.6. The lowest BCUT2D eigenvalue weighted by Crippen LogP contribution is -2.42. The van der Waals surface area contributed by atoms with Crippen molar-refractivity contribution in [3.05, 3.63) is 65.7 Å². The van der Waals surface area contributed by atoms with Crippen molar-refractivity contribution >= 4 is 11.6 Å². The van der Waals surface area contributed by atoms with Crippen LogP contribution >= 0.6 is 0 Å². The van der Waals surface area contributed by atoms with E-state index in [-0.39, 0.29) is 5.91 Å². The van der Waals surface area contributed by atoms with Crippen molar-refractivity contribution in [2.75, 3.05) is 11.9 Å². The Labute approximate surface area is 126 Å². The molecule has 3 nitrogen and oxygen atoms in total. The largest absolute Gasteiger partial charge is 0.326 e. The first-order valence-corrected chi connectivity index (χ1v) is 7.10. The molecule has 0 aliphatic carbocycles. The summed E-state index contributed by atoms with van der Waals surface area (Å²) in [5.41, 5.74) is 8.03. The highest BCUT2D eigenvalue weighted by Crippen LogP contribution is 2.28. The van der Waals surface area contributed by atoms with Gasteiger partial charge in [0.15, 0.2) is 0 Å². The third-order valence-corrected chi connectivity index (χ3v) is 3.91. The average molecular weight is 282 g/mol. The first-order valence-electron chi connectivity index (χ1n) is 7.10. The maximum atomic E-state index is 12.9. The van der Waals surface area contributed by atoms with E-state index in [2.05, 4.69) is 0 Å². The molecule has 0 heterocycles. The zero-order chi connectivity index (χ0) is 15.5.